The van der Waals surface area contributed by atoms with Gasteiger partial charge in [-0.05, 0) is 26.0 Å². The standard InChI is InChI=1S/C17H18N6O2/c1-11-9-15(24)20-17(19-11)21-18-10-14-12(2)16(25)23(22(14)3)13-7-5-4-6-8-13/h4-10H,1-3H3,(H2,19,20,21,24)/b18-10-. The number of anilines is 1. The number of rotatable bonds is 4. The van der Waals surface area contributed by atoms with Crippen LogP contribution in [0.25, 0.3) is 5.69 Å². The molecule has 0 aliphatic carbocycles. The van der Waals surface area contributed by atoms with Crippen molar-refractivity contribution in [3.8, 4) is 5.69 Å². The monoisotopic (exact) mass is 338 g/mol. The van der Waals surface area contributed by atoms with Crippen molar-refractivity contribution in [3.63, 3.8) is 0 Å². The average Bonchev–Trinajstić information content (AvgIpc) is 2.78. The van der Waals surface area contributed by atoms with Crippen LogP contribution in [0.3, 0.4) is 0 Å². The Balaban J connectivity index is 1.93. The number of nitrogens with zero attached hydrogens (tertiary/aromatic N) is 4. The fourth-order valence-electron chi connectivity index (χ4n) is 2.58. The van der Waals surface area contributed by atoms with Crippen LogP contribution in [0.1, 0.15) is 17.0 Å². The van der Waals surface area contributed by atoms with Crippen molar-refractivity contribution in [1.82, 2.24) is 19.3 Å². The van der Waals surface area contributed by atoms with Crippen molar-refractivity contribution >= 4 is 12.2 Å². The molecule has 25 heavy (non-hydrogen) atoms. The van der Waals surface area contributed by atoms with Crippen LogP contribution in [0.5, 0.6) is 0 Å². The van der Waals surface area contributed by atoms with E-state index in [1.54, 1.807) is 30.3 Å². The summed E-state index contributed by atoms with van der Waals surface area (Å²) in [5.74, 6) is 0.242. The maximum Gasteiger partial charge on any atom is 0.274 e. The molecule has 0 amide bonds. The first-order chi connectivity index (χ1) is 12.0. The van der Waals surface area contributed by atoms with E-state index in [0.717, 1.165) is 5.69 Å². The molecule has 1 aromatic carbocycles. The minimum Gasteiger partial charge on any atom is -0.291 e. The van der Waals surface area contributed by atoms with Gasteiger partial charge in [-0.15, -0.1) is 0 Å². The predicted molar refractivity (Wildman–Crippen MR) is 96.6 cm³/mol. The highest BCUT2D eigenvalue weighted by molar-refractivity contribution is 5.79. The van der Waals surface area contributed by atoms with Crippen LogP contribution in [0.15, 0.2) is 51.1 Å². The molecule has 0 atom stereocenters. The van der Waals surface area contributed by atoms with Gasteiger partial charge >= 0.3 is 0 Å². The number of hydrogen-bond acceptors (Lipinski definition) is 5. The smallest absolute Gasteiger partial charge is 0.274 e. The molecule has 2 heterocycles. The number of H-pyrrole nitrogens is 1. The quantitative estimate of drug-likeness (QED) is 0.554. The largest absolute Gasteiger partial charge is 0.291 e. The Bertz CT molecular complexity index is 1040. The van der Waals surface area contributed by atoms with Crippen LogP contribution in [-0.4, -0.2) is 25.5 Å². The van der Waals surface area contributed by atoms with Gasteiger partial charge in [0, 0.05) is 24.4 Å². The van der Waals surface area contributed by atoms with Gasteiger partial charge in [0.2, 0.25) is 5.95 Å². The molecule has 0 radical (unpaired) electrons. The summed E-state index contributed by atoms with van der Waals surface area (Å²) >= 11 is 0. The molecule has 0 spiro atoms. The van der Waals surface area contributed by atoms with Gasteiger partial charge < -0.3 is 0 Å². The van der Waals surface area contributed by atoms with Gasteiger partial charge in [-0.2, -0.15) is 5.10 Å². The number of para-hydroxylation sites is 1. The molecule has 8 nitrogen and oxygen atoms in total. The van der Waals surface area contributed by atoms with Crippen LogP contribution >= 0.6 is 0 Å². The maximum atomic E-state index is 12.5. The van der Waals surface area contributed by atoms with E-state index in [1.807, 2.05) is 30.3 Å². The van der Waals surface area contributed by atoms with Gasteiger partial charge in [-0.25, -0.2) is 15.1 Å². The van der Waals surface area contributed by atoms with Gasteiger partial charge in [0.1, 0.15) is 0 Å². The number of aryl methyl sites for hydroxylation is 1. The molecular weight excluding hydrogens is 320 g/mol. The zero-order valence-corrected chi connectivity index (χ0v) is 14.1. The number of hydrogen-bond donors (Lipinski definition) is 2. The van der Waals surface area contributed by atoms with E-state index in [2.05, 4.69) is 20.5 Å². The van der Waals surface area contributed by atoms with Gasteiger partial charge in [-0.3, -0.25) is 19.3 Å². The number of aromatic nitrogens is 4. The minimum absolute atomic E-state index is 0.114. The topological polar surface area (TPSA) is 97.1 Å². The van der Waals surface area contributed by atoms with Crippen molar-refractivity contribution in [2.24, 2.45) is 12.1 Å². The third kappa shape index (κ3) is 3.27. The lowest BCUT2D eigenvalue weighted by molar-refractivity contribution is 0.643. The third-order valence-electron chi connectivity index (χ3n) is 3.77. The van der Waals surface area contributed by atoms with Crippen LogP contribution in [0.4, 0.5) is 5.95 Å². The lowest BCUT2D eigenvalue weighted by Crippen LogP contribution is -2.20. The van der Waals surface area contributed by atoms with E-state index in [1.165, 1.54) is 12.3 Å². The Morgan fingerprint density at radius 3 is 2.60 bits per heavy atom. The van der Waals surface area contributed by atoms with Crippen molar-refractivity contribution in [1.29, 1.82) is 0 Å². The Morgan fingerprint density at radius 2 is 1.92 bits per heavy atom. The molecular formula is C17H18N6O2. The third-order valence-corrected chi connectivity index (χ3v) is 3.77. The highest BCUT2D eigenvalue weighted by atomic mass is 16.1. The molecule has 3 aromatic rings. The second-order valence-corrected chi connectivity index (χ2v) is 5.59. The van der Waals surface area contributed by atoms with Crippen LogP contribution in [-0.2, 0) is 7.05 Å². The highest BCUT2D eigenvalue weighted by Crippen LogP contribution is 2.08. The molecule has 128 valence electrons. The summed E-state index contributed by atoms with van der Waals surface area (Å²) < 4.78 is 3.30. The first kappa shape index (κ1) is 16.4. The van der Waals surface area contributed by atoms with Crippen molar-refractivity contribution in [3.05, 3.63) is 74.1 Å². The van der Waals surface area contributed by atoms with Crippen molar-refractivity contribution in [2.75, 3.05) is 5.43 Å². The van der Waals surface area contributed by atoms with E-state index in [0.29, 0.717) is 17.0 Å². The number of benzene rings is 1. The lowest BCUT2D eigenvalue weighted by Gasteiger charge is -2.08. The molecule has 2 aromatic heterocycles. The number of nitrogens with one attached hydrogen (secondary N) is 2. The van der Waals surface area contributed by atoms with Crippen molar-refractivity contribution in [2.45, 2.75) is 13.8 Å². The van der Waals surface area contributed by atoms with E-state index < -0.39 is 0 Å². The van der Waals surface area contributed by atoms with Crippen LogP contribution in [0.2, 0.25) is 0 Å². The molecule has 3 rings (SSSR count). The molecule has 2 N–H and O–H groups in total. The van der Waals surface area contributed by atoms with Gasteiger partial charge in [0.15, 0.2) is 0 Å². The van der Waals surface area contributed by atoms with Crippen molar-refractivity contribution < 1.29 is 0 Å². The molecule has 0 saturated heterocycles. The fourth-order valence-corrected chi connectivity index (χ4v) is 2.58. The molecule has 0 saturated carbocycles. The summed E-state index contributed by atoms with van der Waals surface area (Å²) in [4.78, 5) is 30.6. The molecule has 0 aliphatic rings. The Morgan fingerprint density at radius 1 is 1.20 bits per heavy atom. The zero-order valence-electron chi connectivity index (χ0n) is 14.1. The summed E-state index contributed by atoms with van der Waals surface area (Å²) in [6.07, 6.45) is 1.53. The number of aromatic amines is 1. The molecule has 0 aliphatic heterocycles. The minimum atomic E-state index is -0.260. The number of hydrazone groups is 1. The first-order valence-corrected chi connectivity index (χ1v) is 7.68. The summed E-state index contributed by atoms with van der Waals surface area (Å²) in [5, 5.41) is 4.08. The van der Waals surface area contributed by atoms with Gasteiger partial charge in [0.25, 0.3) is 11.1 Å². The molecule has 0 bridgehead atoms. The van der Waals surface area contributed by atoms with Crippen LogP contribution < -0.4 is 16.5 Å². The first-order valence-electron chi connectivity index (χ1n) is 7.68. The Labute approximate surface area is 143 Å². The average molecular weight is 338 g/mol. The Kier molecular flexibility index (Phi) is 4.34. The lowest BCUT2D eigenvalue weighted by atomic mass is 10.3. The molecule has 0 fully saturated rings. The van der Waals surface area contributed by atoms with E-state index in [9.17, 15) is 9.59 Å². The fraction of sp³-hybridized carbons (Fsp3) is 0.176. The van der Waals surface area contributed by atoms with Crippen LogP contribution in [0, 0.1) is 13.8 Å². The summed E-state index contributed by atoms with van der Waals surface area (Å²) in [5.41, 5.74) is 4.88. The predicted octanol–water partition coefficient (Wildman–Crippen LogP) is 1.32. The molecule has 0 unspecified atom stereocenters. The second kappa shape index (κ2) is 6.60. The molecule has 8 heteroatoms. The zero-order chi connectivity index (χ0) is 18.0. The Hall–Kier alpha value is -3.42. The second-order valence-electron chi connectivity index (χ2n) is 5.59. The van der Waals surface area contributed by atoms with E-state index >= 15 is 0 Å². The summed E-state index contributed by atoms with van der Waals surface area (Å²) in [6, 6.07) is 10.8. The summed E-state index contributed by atoms with van der Waals surface area (Å²) in [7, 11) is 1.79. The van der Waals surface area contributed by atoms with E-state index in [4.69, 9.17) is 0 Å². The van der Waals surface area contributed by atoms with E-state index in [-0.39, 0.29) is 17.1 Å². The highest BCUT2D eigenvalue weighted by Gasteiger charge is 2.13. The SMILES string of the molecule is Cc1cc(=O)[nH]c(N/N=C\c2c(C)c(=O)n(-c3ccccc3)n2C)n1. The van der Waals surface area contributed by atoms with Gasteiger partial charge in [0.05, 0.1) is 17.6 Å². The normalized spacial score (nSPS) is 11.2. The van der Waals surface area contributed by atoms with Gasteiger partial charge in [-0.1, -0.05) is 18.2 Å². The maximum absolute atomic E-state index is 12.5. The summed E-state index contributed by atoms with van der Waals surface area (Å²) in [6.45, 7) is 3.47.